The lowest BCUT2D eigenvalue weighted by atomic mass is 10.00. The number of hydrogen-bond acceptors (Lipinski definition) is 1. The lowest BCUT2D eigenvalue weighted by Crippen LogP contribution is -2.13. The van der Waals surface area contributed by atoms with Crippen molar-refractivity contribution in [2.75, 3.05) is 0 Å². The number of aliphatic hydroxyl groups excluding tert-OH is 1. The molecule has 3 heteroatoms. The Morgan fingerprint density at radius 2 is 2.07 bits per heavy atom. The van der Waals surface area contributed by atoms with Gasteiger partial charge in [0.25, 0.3) is 0 Å². The summed E-state index contributed by atoms with van der Waals surface area (Å²) in [4.78, 5) is 0. The molecule has 1 aromatic carbocycles. The van der Waals surface area contributed by atoms with Gasteiger partial charge in [0.1, 0.15) is 5.82 Å². The van der Waals surface area contributed by atoms with E-state index in [9.17, 15) is 9.50 Å². The van der Waals surface area contributed by atoms with Crippen LogP contribution in [-0.2, 0) is 6.42 Å². The predicted octanol–water partition coefficient (Wildman–Crippen LogP) is 3.54. The van der Waals surface area contributed by atoms with Gasteiger partial charge in [0.15, 0.2) is 0 Å². The van der Waals surface area contributed by atoms with E-state index in [4.69, 9.17) is 0 Å². The molecule has 1 nitrogen and oxygen atoms in total. The summed E-state index contributed by atoms with van der Waals surface area (Å²) in [5.41, 5.74) is 0.822. The molecule has 0 saturated heterocycles. The Morgan fingerprint density at radius 3 is 2.67 bits per heavy atom. The molecule has 0 aliphatic rings. The summed E-state index contributed by atoms with van der Waals surface area (Å²) < 4.78 is 13.6. The fraction of sp³-hybridized carbons (Fsp3) is 0.500. The van der Waals surface area contributed by atoms with E-state index in [2.05, 4.69) is 29.8 Å². The van der Waals surface area contributed by atoms with Crippen molar-refractivity contribution in [2.24, 2.45) is 5.92 Å². The van der Waals surface area contributed by atoms with Gasteiger partial charge in [0, 0.05) is 0 Å². The molecular formula is C12H16BrFO. The van der Waals surface area contributed by atoms with Crippen LogP contribution in [0.25, 0.3) is 0 Å². The molecule has 0 aromatic heterocycles. The van der Waals surface area contributed by atoms with Gasteiger partial charge in [-0.3, -0.25) is 0 Å². The summed E-state index contributed by atoms with van der Waals surface area (Å²) in [5, 5.41) is 9.75. The zero-order chi connectivity index (χ0) is 11.4. The van der Waals surface area contributed by atoms with E-state index < -0.39 is 6.10 Å². The molecule has 0 radical (unpaired) electrons. The molecular weight excluding hydrogens is 259 g/mol. The van der Waals surface area contributed by atoms with E-state index in [0.29, 0.717) is 16.8 Å². The molecule has 0 aliphatic heterocycles. The van der Waals surface area contributed by atoms with Gasteiger partial charge < -0.3 is 5.11 Å². The second-order valence-corrected chi connectivity index (χ2v) is 4.99. The summed E-state index contributed by atoms with van der Waals surface area (Å²) in [7, 11) is 0. The summed E-state index contributed by atoms with van der Waals surface area (Å²) in [6, 6.07) is 4.90. The van der Waals surface area contributed by atoms with Gasteiger partial charge in [-0.25, -0.2) is 4.39 Å². The summed E-state index contributed by atoms with van der Waals surface area (Å²) in [6.45, 7) is 4.12. The van der Waals surface area contributed by atoms with Crippen LogP contribution in [0.3, 0.4) is 0 Å². The highest BCUT2D eigenvalue weighted by Crippen LogP contribution is 2.22. The molecule has 1 rings (SSSR count). The number of rotatable bonds is 4. The molecule has 0 fully saturated rings. The van der Waals surface area contributed by atoms with Crippen molar-refractivity contribution < 1.29 is 9.50 Å². The molecule has 15 heavy (non-hydrogen) atoms. The van der Waals surface area contributed by atoms with E-state index >= 15 is 0 Å². The number of halogens is 2. The van der Waals surface area contributed by atoms with E-state index in [1.807, 2.05) is 6.07 Å². The standard InChI is InChI=1S/C12H16BrFO/c1-8(2)6-10(15)7-9-4-3-5-11(14)12(9)13/h3-5,8,10,15H,6-7H2,1-2H3. The van der Waals surface area contributed by atoms with Gasteiger partial charge in [0.05, 0.1) is 10.6 Å². The minimum Gasteiger partial charge on any atom is -0.393 e. The van der Waals surface area contributed by atoms with Crippen LogP contribution >= 0.6 is 15.9 Å². The molecule has 0 aliphatic carbocycles. The fourth-order valence-corrected chi connectivity index (χ4v) is 2.01. The fourth-order valence-electron chi connectivity index (χ4n) is 1.59. The molecule has 0 bridgehead atoms. The van der Waals surface area contributed by atoms with Crippen molar-refractivity contribution >= 4 is 15.9 Å². The number of aliphatic hydroxyl groups is 1. The van der Waals surface area contributed by atoms with Crippen molar-refractivity contribution in [3.63, 3.8) is 0 Å². The minimum absolute atomic E-state index is 0.274. The van der Waals surface area contributed by atoms with Gasteiger partial charge in [-0.2, -0.15) is 0 Å². The third kappa shape index (κ3) is 3.92. The van der Waals surface area contributed by atoms with Crippen molar-refractivity contribution in [3.05, 3.63) is 34.1 Å². The quantitative estimate of drug-likeness (QED) is 0.891. The van der Waals surface area contributed by atoms with Gasteiger partial charge in [-0.05, 0) is 46.3 Å². The Balaban J connectivity index is 2.68. The van der Waals surface area contributed by atoms with Gasteiger partial charge in [0.2, 0.25) is 0 Å². The molecule has 0 heterocycles. The van der Waals surface area contributed by atoms with Crippen LogP contribution in [0.4, 0.5) is 4.39 Å². The molecule has 0 amide bonds. The summed E-state index contributed by atoms with van der Waals surface area (Å²) in [5.74, 6) is 0.177. The maximum Gasteiger partial charge on any atom is 0.137 e. The third-order valence-corrected chi connectivity index (χ3v) is 3.12. The van der Waals surface area contributed by atoms with Crippen LogP contribution < -0.4 is 0 Å². The third-order valence-electron chi connectivity index (χ3n) is 2.23. The van der Waals surface area contributed by atoms with Crippen molar-refractivity contribution in [3.8, 4) is 0 Å². The average Bonchev–Trinajstić information content (AvgIpc) is 2.11. The normalized spacial score (nSPS) is 13.2. The Labute approximate surface area is 98.4 Å². The maximum absolute atomic E-state index is 13.2. The Bertz CT molecular complexity index is 325. The van der Waals surface area contributed by atoms with Crippen LogP contribution in [-0.4, -0.2) is 11.2 Å². The molecule has 1 unspecified atom stereocenters. The highest BCUT2D eigenvalue weighted by Gasteiger charge is 2.11. The first-order valence-corrected chi connectivity index (χ1v) is 5.91. The lowest BCUT2D eigenvalue weighted by Gasteiger charge is -2.14. The summed E-state index contributed by atoms with van der Waals surface area (Å²) >= 11 is 3.19. The van der Waals surface area contributed by atoms with E-state index in [1.165, 1.54) is 6.07 Å². The van der Waals surface area contributed by atoms with E-state index in [1.54, 1.807) is 6.07 Å². The molecule has 0 spiro atoms. The summed E-state index contributed by atoms with van der Waals surface area (Å²) in [6.07, 6.45) is 0.836. The van der Waals surface area contributed by atoms with Crippen molar-refractivity contribution in [1.82, 2.24) is 0 Å². The molecule has 1 aromatic rings. The maximum atomic E-state index is 13.2. The first-order valence-electron chi connectivity index (χ1n) is 5.11. The minimum atomic E-state index is -0.400. The van der Waals surface area contributed by atoms with Crippen molar-refractivity contribution in [2.45, 2.75) is 32.8 Å². The average molecular weight is 275 g/mol. The first kappa shape index (κ1) is 12.7. The van der Waals surface area contributed by atoms with Crippen LogP contribution in [0, 0.1) is 11.7 Å². The molecule has 1 atom stereocenters. The van der Waals surface area contributed by atoms with Crippen LogP contribution in [0.15, 0.2) is 22.7 Å². The Hall–Kier alpha value is -0.410. The zero-order valence-electron chi connectivity index (χ0n) is 9.00. The van der Waals surface area contributed by atoms with Crippen LogP contribution in [0.5, 0.6) is 0 Å². The Morgan fingerprint density at radius 1 is 1.40 bits per heavy atom. The second-order valence-electron chi connectivity index (χ2n) is 4.20. The monoisotopic (exact) mass is 274 g/mol. The smallest absolute Gasteiger partial charge is 0.137 e. The SMILES string of the molecule is CC(C)CC(O)Cc1cccc(F)c1Br. The second kappa shape index (κ2) is 5.61. The highest BCUT2D eigenvalue weighted by molar-refractivity contribution is 9.10. The zero-order valence-corrected chi connectivity index (χ0v) is 10.6. The largest absolute Gasteiger partial charge is 0.393 e. The predicted molar refractivity (Wildman–Crippen MR) is 63.3 cm³/mol. The topological polar surface area (TPSA) is 20.2 Å². The van der Waals surface area contributed by atoms with Gasteiger partial charge in [-0.1, -0.05) is 26.0 Å². The van der Waals surface area contributed by atoms with Crippen LogP contribution in [0.2, 0.25) is 0 Å². The van der Waals surface area contributed by atoms with Gasteiger partial charge in [-0.15, -0.1) is 0 Å². The van der Waals surface area contributed by atoms with Gasteiger partial charge >= 0.3 is 0 Å². The molecule has 1 N–H and O–H groups in total. The molecule has 84 valence electrons. The first-order chi connectivity index (χ1) is 7.00. The van der Waals surface area contributed by atoms with Crippen LogP contribution in [0.1, 0.15) is 25.8 Å². The van der Waals surface area contributed by atoms with Crippen molar-refractivity contribution in [1.29, 1.82) is 0 Å². The van der Waals surface area contributed by atoms with E-state index in [0.717, 1.165) is 12.0 Å². The number of hydrogen-bond donors (Lipinski definition) is 1. The Kier molecular flexibility index (Phi) is 4.74. The highest BCUT2D eigenvalue weighted by atomic mass is 79.9. The van der Waals surface area contributed by atoms with E-state index in [-0.39, 0.29) is 5.82 Å². The lowest BCUT2D eigenvalue weighted by molar-refractivity contribution is 0.149. The molecule has 0 saturated carbocycles. The number of benzene rings is 1.